The van der Waals surface area contributed by atoms with Crippen molar-refractivity contribution in [3.8, 4) is 0 Å². The van der Waals surface area contributed by atoms with Gasteiger partial charge in [0.25, 0.3) is 0 Å². The monoisotopic (exact) mass is 608 g/mol. The molecule has 1 aliphatic rings. The molecule has 1 aromatic carbocycles. The van der Waals surface area contributed by atoms with Gasteiger partial charge in [-0.3, -0.25) is 19.4 Å². The molecule has 0 radical (unpaired) electrons. The smallest absolute Gasteiger partial charge is 0.225 e. The Morgan fingerprint density at radius 1 is 0.909 bits per heavy atom. The van der Waals surface area contributed by atoms with Crippen LogP contribution in [0, 0.1) is 0 Å². The van der Waals surface area contributed by atoms with E-state index in [0.29, 0.717) is 61.1 Å². The van der Waals surface area contributed by atoms with Gasteiger partial charge in [0.05, 0.1) is 15.7 Å². The number of hydrogen-bond acceptors (Lipinski definition) is 5. The third-order valence-corrected chi connectivity index (χ3v) is 6.50. The number of rotatable bonds is 14. The summed E-state index contributed by atoms with van der Waals surface area (Å²) in [5.74, 6) is 0.544. The molecule has 0 saturated carbocycles. The van der Waals surface area contributed by atoms with E-state index in [0.717, 1.165) is 44.2 Å². The van der Waals surface area contributed by atoms with Crippen LogP contribution in [-0.2, 0) is 14.4 Å². The number of anilines is 1. The van der Waals surface area contributed by atoms with E-state index in [1.165, 1.54) is 0 Å². The molecule has 2 amide bonds. The number of benzene rings is 1. The first kappa shape index (κ1) is 27.9. The normalized spacial score (nSPS) is 13.1. The van der Waals surface area contributed by atoms with Gasteiger partial charge in [0, 0.05) is 38.8 Å². The maximum absolute atomic E-state index is 12.2. The summed E-state index contributed by atoms with van der Waals surface area (Å²) >= 11 is 13.8. The molecule has 182 valence electrons. The molecular formula is C23H31Cl2IN4O3. The molecule has 0 aliphatic carbocycles. The number of nitrogens with one attached hydrogen (secondary N) is 2. The van der Waals surface area contributed by atoms with Crippen LogP contribution in [0.5, 0.6) is 0 Å². The second kappa shape index (κ2) is 15.5. The number of carbonyl (C=O) groups is 3. The average molecular weight is 609 g/mol. The summed E-state index contributed by atoms with van der Waals surface area (Å²) in [7, 11) is 0. The lowest BCUT2D eigenvalue weighted by atomic mass is 10.1. The van der Waals surface area contributed by atoms with Crippen LogP contribution >= 0.6 is 45.8 Å². The molecule has 2 N–H and O–H groups in total. The van der Waals surface area contributed by atoms with Crippen LogP contribution < -0.4 is 15.6 Å². The van der Waals surface area contributed by atoms with Crippen molar-refractivity contribution in [1.82, 2.24) is 10.6 Å². The van der Waals surface area contributed by atoms with Crippen LogP contribution in [0.25, 0.3) is 0 Å². The van der Waals surface area contributed by atoms with E-state index in [4.69, 9.17) is 23.2 Å². The minimum atomic E-state index is -0.108. The van der Waals surface area contributed by atoms with Crippen molar-refractivity contribution in [3.05, 3.63) is 28.2 Å². The number of unbranched alkanes of at least 4 members (excludes halogenated alkanes) is 5. The summed E-state index contributed by atoms with van der Waals surface area (Å²) in [5.41, 5.74) is 0.823. The van der Waals surface area contributed by atoms with Crippen LogP contribution in [0.2, 0.25) is 10.0 Å². The molecule has 0 spiro atoms. The Kier molecular flexibility index (Phi) is 13.1. The first-order chi connectivity index (χ1) is 15.8. The molecule has 10 heteroatoms. The van der Waals surface area contributed by atoms with Crippen molar-refractivity contribution in [3.63, 3.8) is 0 Å². The highest BCUT2D eigenvalue weighted by molar-refractivity contribution is 14.1. The zero-order chi connectivity index (χ0) is 24.1. The number of hydrogen-bond donors (Lipinski definition) is 2. The maximum Gasteiger partial charge on any atom is 0.225 e. The van der Waals surface area contributed by atoms with E-state index in [-0.39, 0.29) is 15.6 Å². The van der Waals surface area contributed by atoms with E-state index in [2.05, 4.69) is 15.7 Å². The molecule has 7 nitrogen and oxygen atoms in total. The third kappa shape index (κ3) is 11.5. The van der Waals surface area contributed by atoms with Gasteiger partial charge in [0.2, 0.25) is 11.8 Å². The molecule has 1 aromatic rings. The average Bonchev–Trinajstić information content (AvgIpc) is 3.23. The van der Waals surface area contributed by atoms with Gasteiger partial charge in [-0.25, -0.2) is 0 Å². The third-order valence-electron chi connectivity index (χ3n) is 5.22. The van der Waals surface area contributed by atoms with E-state index < -0.39 is 0 Å². The highest BCUT2D eigenvalue weighted by atomic mass is 127. The number of amides is 2. The van der Waals surface area contributed by atoms with Crippen LogP contribution in [0.1, 0.15) is 70.6 Å². The Hall–Kier alpha value is -1.39. The second-order valence-electron chi connectivity index (χ2n) is 8.00. The summed E-state index contributed by atoms with van der Waals surface area (Å²) in [4.78, 5) is 34.9. The van der Waals surface area contributed by atoms with Gasteiger partial charge in [-0.2, -0.15) is 5.10 Å². The second-order valence-corrected chi connectivity index (χ2v) is 10.0. The Balaban J connectivity index is 1.52. The molecule has 0 aromatic heterocycles. The maximum atomic E-state index is 12.2. The van der Waals surface area contributed by atoms with Gasteiger partial charge in [-0.1, -0.05) is 48.9 Å². The van der Waals surface area contributed by atoms with Crippen molar-refractivity contribution in [2.75, 3.05) is 18.1 Å². The van der Waals surface area contributed by atoms with Gasteiger partial charge in [-0.05, 0) is 60.1 Å². The topological polar surface area (TPSA) is 90.9 Å². The summed E-state index contributed by atoms with van der Waals surface area (Å²) < 4.78 is 0.223. The largest absolute Gasteiger partial charge is 0.356 e. The molecule has 0 saturated heterocycles. The van der Waals surface area contributed by atoms with Crippen LogP contribution in [0.15, 0.2) is 23.3 Å². The Bertz CT molecular complexity index is 851. The lowest BCUT2D eigenvalue weighted by Crippen LogP contribution is -2.30. The van der Waals surface area contributed by atoms with Crippen molar-refractivity contribution < 1.29 is 14.4 Å². The first-order valence-corrected chi connectivity index (χ1v) is 13.2. The molecule has 0 bridgehead atoms. The summed E-state index contributed by atoms with van der Waals surface area (Å²) in [6, 6.07) is 5.30. The van der Waals surface area contributed by atoms with E-state index >= 15 is 0 Å². The Morgan fingerprint density at radius 2 is 1.58 bits per heavy atom. The van der Waals surface area contributed by atoms with Crippen molar-refractivity contribution >= 4 is 72.9 Å². The molecule has 33 heavy (non-hydrogen) atoms. The van der Waals surface area contributed by atoms with Gasteiger partial charge < -0.3 is 10.6 Å². The van der Waals surface area contributed by atoms with Crippen LogP contribution in [0.3, 0.4) is 0 Å². The first-order valence-electron chi connectivity index (χ1n) is 11.4. The predicted molar refractivity (Wildman–Crippen MR) is 142 cm³/mol. The highest BCUT2D eigenvalue weighted by Crippen LogP contribution is 2.28. The van der Waals surface area contributed by atoms with E-state index in [9.17, 15) is 14.4 Å². The molecule has 1 aliphatic heterocycles. The molecule has 0 fully saturated rings. The Labute approximate surface area is 219 Å². The fourth-order valence-corrected chi connectivity index (χ4v) is 4.10. The number of hydrazone groups is 1. The van der Waals surface area contributed by atoms with Gasteiger partial charge in [0.15, 0.2) is 3.79 Å². The molecular weight excluding hydrogens is 578 g/mol. The van der Waals surface area contributed by atoms with E-state index in [1.54, 1.807) is 17.1 Å². The molecule has 2 rings (SSSR count). The van der Waals surface area contributed by atoms with Gasteiger partial charge in [0.1, 0.15) is 5.84 Å². The van der Waals surface area contributed by atoms with Gasteiger partial charge >= 0.3 is 0 Å². The lowest BCUT2D eigenvalue weighted by Gasteiger charge is -2.13. The van der Waals surface area contributed by atoms with Crippen molar-refractivity contribution in [2.24, 2.45) is 5.10 Å². The SMILES string of the molecule is O=C(I)CCCCCCCCC(=O)NCCCC(=O)NC1=NN(c2ccc(Cl)c(Cl)c2)CC1. The molecule has 1 heterocycles. The highest BCUT2D eigenvalue weighted by Gasteiger charge is 2.18. The fraction of sp³-hybridized carbons (Fsp3) is 0.565. The number of nitrogens with zero attached hydrogens (tertiary/aromatic N) is 2. The fourth-order valence-electron chi connectivity index (χ4n) is 3.42. The molecule has 0 unspecified atom stereocenters. The molecule has 0 atom stereocenters. The van der Waals surface area contributed by atoms with E-state index in [1.807, 2.05) is 28.7 Å². The summed E-state index contributed by atoms with van der Waals surface area (Å²) in [6.45, 7) is 1.14. The predicted octanol–water partition coefficient (Wildman–Crippen LogP) is 5.61. The quantitative estimate of drug-likeness (QED) is 0.163. The standard InChI is InChI=1S/C23H31Cl2IN4O3/c24-18-12-11-17(16-19(18)25)30-15-13-21(29-30)28-23(33)10-7-14-27-22(32)9-6-4-2-1-3-5-8-20(26)31/h11-12,16H,1-10,13-15H2,(H,27,32)(H,28,29,33). The minimum absolute atomic E-state index is 0.0309. The minimum Gasteiger partial charge on any atom is -0.356 e. The zero-order valence-electron chi connectivity index (χ0n) is 18.7. The van der Waals surface area contributed by atoms with Crippen LogP contribution in [0.4, 0.5) is 5.69 Å². The number of carbonyl (C=O) groups excluding carboxylic acids is 3. The zero-order valence-corrected chi connectivity index (χ0v) is 22.3. The Morgan fingerprint density at radius 3 is 2.27 bits per heavy atom. The van der Waals surface area contributed by atoms with Crippen molar-refractivity contribution in [1.29, 1.82) is 0 Å². The van der Waals surface area contributed by atoms with Crippen molar-refractivity contribution in [2.45, 2.75) is 70.6 Å². The van der Waals surface area contributed by atoms with Crippen LogP contribution in [-0.4, -0.2) is 34.5 Å². The number of amidine groups is 1. The summed E-state index contributed by atoms with van der Waals surface area (Å²) in [6.07, 6.45) is 8.84. The lowest BCUT2D eigenvalue weighted by molar-refractivity contribution is -0.122. The summed E-state index contributed by atoms with van der Waals surface area (Å²) in [5, 5.41) is 12.9. The number of halogens is 3. The van der Waals surface area contributed by atoms with Gasteiger partial charge in [-0.15, -0.1) is 0 Å².